The topological polar surface area (TPSA) is 42.2 Å². The summed E-state index contributed by atoms with van der Waals surface area (Å²) in [6.45, 7) is 6.31. The average Bonchev–Trinajstić information content (AvgIpc) is 2.98. The van der Waals surface area contributed by atoms with Crippen LogP contribution >= 0.6 is 11.8 Å². The Hall–Kier alpha value is -0.970. The first-order chi connectivity index (χ1) is 8.74. The van der Waals surface area contributed by atoms with E-state index in [2.05, 4.69) is 29.3 Å². The second-order valence-corrected chi connectivity index (χ2v) is 5.91. The highest BCUT2D eigenvalue weighted by Gasteiger charge is 2.25. The van der Waals surface area contributed by atoms with Gasteiger partial charge in [0, 0.05) is 18.5 Å². The van der Waals surface area contributed by atoms with E-state index < -0.39 is 0 Å². The van der Waals surface area contributed by atoms with E-state index in [1.165, 1.54) is 18.5 Å². The fraction of sp³-hybridized carbons (Fsp3) is 0.692. The Labute approximate surface area is 113 Å². The lowest BCUT2D eigenvalue weighted by molar-refractivity contribution is 0.479. The average molecular weight is 266 g/mol. The normalized spacial score (nSPS) is 19.3. The number of hydrogen-bond donors (Lipinski definition) is 1. The molecule has 1 aliphatic heterocycles. The van der Waals surface area contributed by atoms with Crippen molar-refractivity contribution < 1.29 is 0 Å². The van der Waals surface area contributed by atoms with Crippen LogP contribution in [-0.4, -0.2) is 26.7 Å². The van der Waals surface area contributed by atoms with Crippen molar-refractivity contribution in [2.75, 3.05) is 6.54 Å². The van der Waals surface area contributed by atoms with Gasteiger partial charge in [0.15, 0.2) is 5.17 Å². The highest BCUT2D eigenvalue weighted by atomic mass is 32.2. The number of nitrogens with zero attached hydrogens (tertiary/aromatic N) is 3. The van der Waals surface area contributed by atoms with Crippen LogP contribution in [0.25, 0.3) is 0 Å². The Balaban J connectivity index is 1.81. The summed E-state index contributed by atoms with van der Waals surface area (Å²) in [5.41, 5.74) is 1.18. The summed E-state index contributed by atoms with van der Waals surface area (Å²) < 4.78 is 1.89. The lowest BCUT2D eigenvalue weighted by Crippen LogP contribution is -2.22. The molecule has 0 amide bonds. The quantitative estimate of drug-likeness (QED) is 0.890. The molecule has 1 N–H and O–H groups in total. The summed E-state index contributed by atoms with van der Waals surface area (Å²) in [4.78, 5) is 4.60. The highest BCUT2D eigenvalue weighted by molar-refractivity contribution is 8.14. The largest absolute Gasteiger partial charge is 0.359 e. The molecular weight excluding hydrogens is 244 g/mol. The van der Waals surface area contributed by atoms with Gasteiger partial charge in [-0.3, -0.25) is 9.67 Å². The Morgan fingerprint density at radius 3 is 2.89 bits per heavy atom. The van der Waals surface area contributed by atoms with Crippen LogP contribution in [0.3, 0.4) is 0 Å². The summed E-state index contributed by atoms with van der Waals surface area (Å²) in [5, 5.41) is 9.32. The van der Waals surface area contributed by atoms with Crippen LogP contribution in [0.2, 0.25) is 0 Å². The molecule has 4 nitrogen and oxygen atoms in total. The zero-order valence-corrected chi connectivity index (χ0v) is 12.2. The van der Waals surface area contributed by atoms with Gasteiger partial charge in [0.25, 0.3) is 0 Å². The first kappa shape index (κ1) is 13.5. The Morgan fingerprint density at radius 1 is 1.50 bits per heavy atom. The molecule has 1 aromatic rings. The molecule has 0 radical (unpaired) electrons. The van der Waals surface area contributed by atoms with Crippen LogP contribution in [0.15, 0.2) is 17.3 Å². The van der Waals surface area contributed by atoms with E-state index in [0.29, 0.717) is 5.25 Å². The Morgan fingerprint density at radius 2 is 2.28 bits per heavy atom. The van der Waals surface area contributed by atoms with E-state index in [4.69, 9.17) is 0 Å². The number of rotatable bonds is 5. The maximum atomic E-state index is 4.60. The summed E-state index contributed by atoms with van der Waals surface area (Å²) in [5.74, 6) is 0.787. The fourth-order valence-corrected chi connectivity index (χ4v) is 3.61. The maximum Gasteiger partial charge on any atom is 0.157 e. The number of hydrogen-bond acceptors (Lipinski definition) is 4. The first-order valence-corrected chi connectivity index (χ1v) is 7.54. The Bertz CT molecular complexity index is 409. The molecule has 5 heteroatoms. The zero-order valence-electron chi connectivity index (χ0n) is 11.4. The minimum atomic E-state index is 0.661. The predicted octanol–water partition coefficient (Wildman–Crippen LogP) is 2.42. The molecule has 100 valence electrons. The van der Waals surface area contributed by atoms with Gasteiger partial charge < -0.3 is 5.32 Å². The lowest BCUT2D eigenvalue weighted by atomic mass is 9.99. The van der Waals surface area contributed by atoms with Crippen molar-refractivity contribution in [1.29, 1.82) is 0 Å². The van der Waals surface area contributed by atoms with Crippen LogP contribution < -0.4 is 5.32 Å². The molecule has 0 aliphatic carbocycles. The fourth-order valence-electron chi connectivity index (χ4n) is 2.29. The summed E-state index contributed by atoms with van der Waals surface area (Å²) >= 11 is 1.90. The molecule has 0 saturated heterocycles. The first-order valence-electron chi connectivity index (χ1n) is 6.66. The van der Waals surface area contributed by atoms with E-state index >= 15 is 0 Å². The molecule has 1 atom stereocenters. The Kier molecular flexibility index (Phi) is 4.69. The highest BCUT2D eigenvalue weighted by Crippen LogP contribution is 2.30. The number of aromatic nitrogens is 2. The van der Waals surface area contributed by atoms with Gasteiger partial charge in [0.2, 0.25) is 0 Å². The summed E-state index contributed by atoms with van der Waals surface area (Å²) in [7, 11) is 1.97. The summed E-state index contributed by atoms with van der Waals surface area (Å²) in [6, 6.07) is 2.03. The van der Waals surface area contributed by atoms with Crippen LogP contribution in [-0.2, 0) is 13.6 Å². The van der Waals surface area contributed by atoms with E-state index in [-0.39, 0.29) is 0 Å². The van der Waals surface area contributed by atoms with Crippen molar-refractivity contribution in [3.8, 4) is 0 Å². The van der Waals surface area contributed by atoms with E-state index in [1.54, 1.807) is 0 Å². The minimum absolute atomic E-state index is 0.661. The maximum absolute atomic E-state index is 4.60. The molecular formula is C13H22N4S. The monoisotopic (exact) mass is 266 g/mol. The van der Waals surface area contributed by atoms with Gasteiger partial charge in [-0.25, -0.2) is 0 Å². The van der Waals surface area contributed by atoms with Gasteiger partial charge in [-0.2, -0.15) is 5.10 Å². The standard InChI is InChI=1S/C13H22N4S/c1-4-10(5-2)12-9-15-13(18-12)14-8-11-6-7-16-17(11)3/h6-7,10,12H,4-5,8-9H2,1-3H3,(H,14,15). The van der Waals surface area contributed by atoms with Gasteiger partial charge in [-0.15, -0.1) is 0 Å². The van der Waals surface area contributed by atoms with Crippen LogP contribution in [0.4, 0.5) is 0 Å². The molecule has 0 spiro atoms. The predicted molar refractivity (Wildman–Crippen MR) is 77.8 cm³/mol. The van der Waals surface area contributed by atoms with Gasteiger partial charge in [0.05, 0.1) is 18.8 Å². The smallest absolute Gasteiger partial charge is 0.157 e. The molecule has 2 heterocycles. The molecule has 0 saturated carbocycles. The van der Waals surface area contributed by atoms with Crippen molar-refractivity contribution >= 4 is 16.9 Å². The zero-order chi connectivity index (χ0) is 13.0. The van der Waals surface area contributed by atoms with E-state index in [1.807, 2.05) is 35.8 Å². The third-order valence-electron chi connectivity index (χ3n) is 3.60. The number of aryl methyl sites for hydroxylation is 1. The second-order valence-electron chi connectivity index (χ2n) is 4.68. The number of amidine groups is 1. The summed E-state index contributed by atoms with van der Waals surface area (Å²) in [6.07, 6.45) is 4.32. The van der Waals surface area contributed by atoms with Crippen LogP contribution in [0, 0.1) is 5.92 Å². The van der Waals surface area contributed by atoms with E-state index in [0.717, 1.165) is 24.2 Å². The molecule has 0 bridgehead atoms. The van der Waals surface area contributed by atoms with Crippen LogP contribution in [0.1, 0.15) is 32.4 Å². The van der Waals surface area contributed by atoms with Crippen molar-refractivity contribution in [3.05, 3.63) is 18.0 Å². The molecule has 0 aromatic carbocycles. The van der Waals surface area contributed by atoms with E-state index in [9.17, 15) is 0 Å². The molecule has 1 unspecified atom stereocenters. The molecule has 1 aromatic heterocycles. The number of nitrogens with one attached hydrogen (secondary N) is 1. The van der Waals surface area contributed by atoms with Gasteiger partial charge in [0.1, 0.15) is 0 Å². The van der Waals surface area contributed by atoms with Crippen molar-refractivity contribution in [1.82, 2.24) is 15.1 Å². The van der Waals surface area contributed by atoms with Crippen molar-refractivity contribution in [2.45, 2.75) is 38.5 Å². The molecule has 0 fully saturated rings. The molecule has 2 rings (SSSR count). The molecule has 1 aliphatic rings. The van der Waals surface area contributed by atoms with Crippen molar-refractivity contribution in [2.24, 2.45) is 18.0 Å². The lowest BCUT2D eigenvalue weighted by Gasteiger charge is -2.18. The van der Waals surface area contributed by atoms with Crippen molar-refractivity contribution in [3.63, 3.8) is 0 Å². The van der Waals surface area contributed by atoms with Gasteiger partial charge in [-0.1, -0.05) is 38.5 Å². The van der Waals surface area contributed by atoms with Gasteiger partial charge in [-0.05, 0) is 12.0 Å². The minimum Gasteiger partial charge on any atom is -0.359 e. The van der Waals surface area contributed by atoms with Gasteiger partial charge >= 0.3 is 0 Å². The SMILES string of the molecule is CCC(CC)C1CN=C(NCc2ccnn2C)S1. The molecule has 18 heavy (non-hydrogen) atoms. The number of thioether (sulfide) groups is 1. The second kappa shape index (κ2) is 6.27. The number of aliphatic imine (C=N–C) groups is 1. The third kappa shape index (κ3) is 3.07. The van der Waals surface area contributed by atoms with Crippen LogP contribution in [0.5, 0.6) is 0 Å². The third-order valence-corrected chi connectivity index (χ3v) is 4.93.